The lowest BCUT2D eigenvalue weighted by Gasteiger charge is -2.32. The van der Waals surface area contributed by atoms with Crippen molar-refractivity contribution in [3.05, 3.63) is 29.8 Å². The summed E-state index contributed by atoms with van der Waals surface area (Å²) in [4.78, 5) is 2.29. The first-order valence-electron chi connectivity index (χ1n) is 9.03. The third-order valence-corrected chi connectivity index (χ3v) is 5.45. The molecule has 1 aromatic heterocycles. The van der Waals surface area contributed by atoms with Crippen molar-refractivity contribution >= 4 is 27.3 Å². The van der Waals surface area contributed by atoms with Crippen molar-refractivity contribution in [2.45, 2.75) is 52.7 Å². The zero-order valence-corrected chi connectivity index (χ0v) is 17.1. The molecule has 1 fully saturated rings. The number of benzene rings is 1. The van der Waals surface area contributed by atoms with Crippen molar-refractivity contribution in [2.24, 2.45) is 0 Å². The summed E-state index contributed by atoms with van der Waals surface area (Å²) >= 11 is 1.63. The molecule has 2 heterocycles. The van der Waals surface area contributed by atoms with E-state index in [1.165, 1.54) is 0 Å². The molecule has 0 aliphatic carbocycles. The van der Waals surface area contributed by atoms with Gasteiger partial charge in [0, 0.05) is 17.8 Å². The third kappa shape index (κ3) is 3.77. The summed E-state index contributed by atoms with van der Waals surface area (Å²) in [6.07, 6.45) is 0. The highest BCUT2D eigenvalue weighted by Gasteiger charge is 2.27. The minimum atomic E-state index is 0.289. The Morgan fingerprint density at radius 3 is 2.42 bits per heavy atom. The second-order valence-electron chi connectivity index (χ2n) is 7.13. The third-order valence-electron chi connectivity index (χ3n) is 4.47. The molecule has 0 saturated carbocycles. The Hall–Kier alpha value is -1.90. The van der Waals surface area contributed by atoms with Gasteiger partial charge in [0.1, 0.15) is 5.75 Å². The standard InChI is InChI=1S/C18H28N6OS/c1-12(2)23(13(3)4)18-20-19-17(26-18)22-11-14(5)24(21-22)15-7-9-16(25-6)10-8-15/h7-10,12-14,22H,11H2,1-6H3. The monoisotopic (exact) mass is 376 g/mol. The SMILES string of the molecule is COc1ccc(N2[N-][NH+](c3nnc(N(C(C)C)C(C)C)s3)CC2C)cc1. The highest BCUT2D eigenvalue weighted by Crippen LogP contribution is 2.28. The van der Waals surface area contributed by atoms with Gasteiger partial charge >= 0.3 is 0 Å². The number of rotatable bonds is 6. The molecule has 0 radical (unpaired) electrons. The van der Waals surface area contributed by atoms with E-state index in [2.05, 4.69) is 54.7 Å². The predicted octanol–water partition coefficient (Wildman–Crippen LogP) is 2.80. The molecule has 2 unspecified atom stereocenters. The molecule has 2 atom stereocenters. The predicted molar refractivity (Wildman–Crippen MR) is 106 cm³/mol. The number of ether oxygens (including phenoxy) is 1. The molecule has 2 aromatic rings. The number of hydrogen-bond acceptors (Lipinski definition) is 6. The van der Waals surface area contributed by atoms with E-state index in [1.54, 1.807) is 18.4 Å². The fourth-order valence-electron chi connectivity index (χ4n) is 3.29. The van der Waals surface area contributed by atoms with Crippen LogP contribution in [0.4, 0.5) is 16.0 Å². The maximum absolute atomic E-state index is 5.24. The molecular formula is C18H28N6OS. The van der Waals surface area contributed by atoms with Crippen LogP contribution in [0.3, 0.4) is 0 Å². The largest absolute Gasteiger partial charge is 0.497 e. The van der Waals surface area contributed by atoms with Crippen molar-refractivity contribution < 1.29 is 9.75 Å². The second-order valence-corrected chi connectivity index (χ2v) is 8.08. The van der Waals surface area contributed by atoms with Crippen molar-refractivity contribution in [3.63, 3.8) is 0 Å². The lowest BCUT2D eigenvalue weighted by molar-refractivity contribution is -0.780. The number of hydrogen-bond donors (Lipinski definition) is 1. The lowest BCUT2D eigenvalue weighted by atomic mass is 10.2. The molecule has 1 aliphatic rings. The van der Waals surface area contributed by atoms with E-state index >= 15 is 0 Å². The van der Waals surface area contributed by atoms with E-state index in [1.807, 2.05) is 24.3 Å². The molecule has 0 amide bonds. The lowest BCUT2D eigenvalue weighted by Crippen LogP contribution is -3.01. The Labute approximate surface area is 159 Å². The summed E-state index contributed by atoms with van der Waals surface area (Å²) in [7, 11) is 1.67. The molecule has 3 rings (SSSR count). The van der Waals surface area contributed by atoms with Gasteiger partial charge in [-0.1, -0.05) is 5.10 Å². The van der Waals surface area contributed by atoms with Gasteiger partial charge in [0.05, 0.1) is 19.7 Å². The number of aromatic nitrogens is 2. The van der Waals surface area contributed by atoms with Gasteiger partial charge < -0.3 is 25.2 Å². The van der Waals surface area contributed by atoms with Gasteiger partial charge in [0.15, 0.2) is 0 Å². The average Bonchev–Trinajstić information content (AvgIpc) is 3.21. The van der Waals surface area contributed by atoms with Crippen molar-refractivity contribution in [1.82, 2.24) is 10.2 Å². The maximum Gasteiger partial charge on any atom is 0.298 e. The van der Waals surface area contributed by atoms with E-state index in [0.29, 0.717) is 12.1 Å². The van der Waals surface area contributed by atoms with Crippen LogP contribution in [0.2, 0.25) is 0 Å². The van der Waals surface area contributed by atoms with E-state index in [0.717, 1.165) is 33.3 Å². The summed E-state index contributed by atoms with van der Waals surface area (Å²) < 4.78 is 5.24. The fraction of sp³-hybridized carbons (Fsp3) is 0.556. The first-order chi connectivity index (χ1) is 12.4. The topological polar surface area (TPSA) is 60.0 Å². The van der Waals surface area contributed by atoms with Gasteiger partial charge in [0.2, 0.25) is 5.13 Å². The Morgan fingerprint density at radius 2 is 1.85 bits per heavy atom. The fourth-order valence-corrected chi connectivity index (χ4v) is 4.39. The molecule has 7 nitrogen and oxygen atoms in total. The number of quaternary nitrogens is 1. The molecule has 1 N–H and O–H groups in total. The molecule has 8 heteroatoms. The summed E-state index contributed by atoms with van der Waals surface area (Å²) in [5.41, 5.74) is 5.89. The van der Waals surface area contributed by atoms with Crippen molar-refractivity contribution in [3.8, 4) is 5.75 Å². The van der Waals surface area contributed by atoms with E-state index in [9.17, 15) is 0 Å². The molecule has 0 bridgehead atoms. The van der Waals surface area contributed by atoms with Crippen LogP contribution in [0.5, 0.6) is 5.75 Å². The van der Waals surface area contributed by atoms with Crippen LogP contribution < -0.4 is 19.7 Å². The number of methoxy groups -OCH3 is 1. The molecule has 142 valence electrons. The normalized spacial score (nSPS) is 20.2. The number of nitrogens with one attached hydrogen (secondary N) is 1. The van der Waals surface area contributed by atoms with Crippen LogP contribution >= 0.6 is 11.3 Å². The first-order valence-corrected chi connectivity index (χ1v) is 9.85. The van der Waals surface area contributed by atoms with Gasteiger partial charge in [-0.05, 0) is 70.2 Å². The zero-order valence-electron chi connectivity index (χ0n) is 16.3. The minimum Gasteiger partial charge on any atom is -0.497 e. The van der Waals surface area contributed by atoms with Gasteiger partial charge in [-0.3, -0.25) is 0 Å². The highest BCUT2D eigenvalue weighted by molar-refractivity contribution is 7.18. The van der Waals surface area contributed by atoms with E-state index < -0.39 is 0 Å². The molecule has 1 aromatic carbocycles. The van der Waals surface area contributed by atoms with Gasteiger partial charge in [-0.2, -0.15) is 0 Å². The number of anilines is 2. The Kier molecular flexibility index (Phi) is 5.64. The van der Waals surface area contributed by atoms with Gasteiger partial charge in [0.25, 0.3) is 5.13 Å². The van der Waals surface area contributed by atoms with Crippen LogP contribution in [0.1, 0.15) is 34.6 Å². The zero-order chi connectivity index (χ0) is 18.8. The first kappa shape index (κ1) is 18.9. The van der Waals surface area contributed by atoms with Gasteiger partial charge in [-0.15, -0.1) is 5.10 Å². The number of nitrogens with zero attached hydrogens (tertiary/aromatic N) is 5. The van der Waals surface area contributed by atoms with Crippen LogP contribution in [0.25, 0.3) is 5.53 Å². The van der Waals surface area contributed by atoms with Crippen LogP contribution in [-0.4, -0.2) is 42.0 Å². The molecule has 1 aliphatic heterocycles. The van der Waals surface area contributed by atoms with Gasteiger partial charge in [-0.25, -0.2) is 0 Å². The quantitative estimate of drug-likeness (QED) is 0.840. The molecule has 1 saturated heterocycles. The molecule has 26 heavy (non-hydrogen) atoms. The van der Waals surface area contributed by atoms with E-state index in [4.69, 9.17) is 10.3 Å². The minimum absolute atomic E-state index is 0.289. The Bertz CT molecular complexity index is 709. The highest BCUT2D eigenvalue weighted by atomic mass is 32.1. The van der Waals surface area contributed by atoms with Crippen LogP contribution in [0.15, 0.2) is 24.3 Å². The molecule has 0 spiro atoms. The van der Waals surface area contributed by atoms with Crippen molar-refractivity contribution in [1.29, 1.82) is 0 Å². The smallest absolute Gasteiger partial charge is 0.298 e. The second kappa shape index (κ2) is 7.77. The average molecular weight is 377 g/mol. The van der Waals surface area contributed by atoms with E-state index in [-0.39, 0.29) is 6.04 Å². The summed E-state index contributed by atoms with van der Waals surface area (Å²) in [5.74, 6) is 0.848. The van der Waals surface area contributed by atoms with Crippen molar-refractivity contribution in [2.75, 3.05) is 23.6 Å². The summed E-state index contributed by atoms with van der Waals surface area (Å²) in [5, 5.41) is 13.8. The summed E-state index contributed by atoms with van der Waals surface area (Å²) in [6.45, 7) is 11.8. The molecular weight excluding hydrogens is 348 g/mol. The Balaban J connectivity index is 1.75. The van der Waals surface area contributed by atoms with Crippen LogP contribution in [0, 0.1) is 0 Å². The summed E-state index contributed by atoms with van der Waals surface area (Å²) in [6, 6.07) is 9.05. The Morgan fingerprint density at radius 1 is 1.19 bits per heavy atom. The maximum atomic E-state index is 5.24. The van der Waals surface area contributed by atoms with Crippen LogP contribution in [-0.2, 0) is 0 Å².